The fourth-order valence-corrected chi connectivity index (χ4v) is 1.90. The van der Waals surface area contributed by atoms with E-state index in [0.29, 0.717) is 5.56 Å². The van der Waals surface area contributed by atoms with Crippen LogP contribution in [0.15, 0.2) is 17.0 Å². The summed E-state index contributed by atoms with van der Waals surface area (Å²) in [5, 5.41) is 0.287. The molecule has 14 heavy (non-hydrogen) atoms. The van der Waals surface area contributed by atoms with E-state index in [4.69, 9.17) is 17.3 Å². The van der Waals surface area contributed by atoms with Gasteiger partial charge in [0.25, 0.3) is 0 Å². The minimum Gasteiger partial charge on any atom is -0.398 e. The molecule has 5 nitrogen and oxygen atoms in total. The van der Waals surface area contributed by atoms with Crippen molar-refractivity contribution in [3.63, 3.8) is 0 Å². The molecule has 1 rings (SSSR count). The lowest BCUT2D eigenvalue weighted by Crippen LogP contribution is -2.13. The Morgan fingerprint density at radius 2 is 2.00 bits per heavy atom. The van der Waals surface area contributed by atoms with Gasteiger partial charge >= 0.3 is 10.1 Å². The molecule has 78 valence electrons. The number of hydrogen-bond donors (Lipinski definition) is 2. The minimum absolute atomic E-state index is 0.0531. The second-order valence-corrected chi connectivity index (χ2v) is 4.64. The first-order chi connectivity index (χ1) is 6.38. The zero-order chi connectivity index (χ0) is 10.9. The van der Waals surface area contributed by atoms with Gasteiger partial charge in [0, 0.05) is 5.02 Å². The number of benzene rings is 1. The van der Waals surface area contributed by atoms with E-state index < -0.39 is 10.1 Å². The van der Waals surface area contributed by atoms with E-state index in [9.17, 15) is 8.42 Å². The highest BCUT2D eigenvalue weighted by atomic mass is 35.5. The molecule has 0 saturated carbocycles. The number of nitrogens with two attached hydrogens (primary N) is 2. The maximum absolute atomic E-state index is 11.2. The molecule has 0 bridgehead atoms. The average Bonchev–Trinajstić information content (AvgIpc) is 2.11. The Labute approximate surface area is 86.7 Å². The molecule has 0 aromatic heterocycles. The van der Waals surface area contributed by atoms with Gasteiger partial charge in [-0.15, -0.1) is 0 Å². The van der Waals surface area contributed by atoms with Gasteiger partial charge in [0.1, 0.15) is 4.90 Å². The predicted molar refractivity (Wildman–Crippen MR) is 53.1 cm³/mol. The number of hydrogen-bond acceptors (Lipinski definition) is 5. The lowest BCUT2D eigenvalue weighted by Gasteiger charge is -2.06. The van der Waals surface area contributed by atoms with E-state index in [1.807, 2.05) is 0 Å². The summed E-state index contributed by atoms with van der Waals surface area (Å²) in [5.41, 5.74) is 6.21. The lowest BCUT2D eigenvalue weighted by molar-refractivity contribution is 0.333. The minimum atomic E-state index is -4.00. The molecule has 0 amide bonds. The van der Waals surface area contributed by atoms with Gasteiger partial charge in [-0.05, 0) is 24.6 Å². The molecule has 7 heteroatoms. The molecule has 0 aliphatic carbocycles. The van der Waals surface area contributed by atoms with Crippen LogP contribution in [0.2, 0.25) is 5.02 Å². The van der Waals surface area contributed by atoms with Crippen molar-refractivity contribution < 1.29 is 12.7 Å². The Hall–Kier alpha value is -0.820. The van der Waals surface area contributed by atoms with Crippen LogP contribution in [0.1, 0.15) is 5.56 Å². The van der Waals surface area contributed by atoms with Crippen LogP contribution in [0.25, 0.3) is 0 Å². The van der Waals surface area contributed by atoms with Gasteiger partial charge in [0.15, 0.2) is 0 Å². The van der Waals surface area contributed by atoms with Gasteiger partial charge in [-0.2, -0.15) is 18.6 Å². The van der Waals surface area contributed by atoms with Crippen LogP contribution in [-0.2, 0) is 14.4 Å². The largest absolute Gasteiger partial charge is 0.398 e. The summed E-state index contributed by atoms with van der Waals surface area (Å²) >= 11 is 5.73. The first-order valence-electron chi connectivity index (χ1n) is 3.57. The maximum Gasteiger partial charge on any atom is 0.314 e. The molecule has 0 unspecified atom stereocenters. The normalized spacial score (nSPS) is 11.6. The lowest BCUT2D eigenvalue weighted by atomic mass is 10.2. The van der Waals surface area contributed by atoms with Crippen molar-refractivity contribution >= 4 is 27.4 Å². The second-order valence-electron chi connectivity index (χ2n) is 2.69. The van der Waals surface area contributed by atoms with Crippen LogP contribution in [-0.4, -0.2) is 8.42 Å². The number of aryl methyl sites for hydroxylation is 1. The molecule has 1 aromatic carbocycles. The predicted octanol–water partition coefficient (Wildman–Crippen LogP) is 0.810. The van der Waals surface area contributed by atoms with Crippen molar-refractivity contribution in [2.24, 2.45) is 5.90 Å². The van der Waals surface area contributed by atoms with Gasteiger partial charge < -0.3 is 5.73 Å². The Balaban J connectivity index is 3.45. The standard InChI is InChI=1S/C7H9ClN2O3S/c1-4-2-6(9)7(3-5(4)8)14(11,12)13-10/h2-3H,9-10H2,1H3. The fourth-order valence-electron chi connectivity index (χ4n) is 0.954. The summed E-state index contributed by atoms with van der Waals surface area (Å²) in [6.07, 6.45) is 0. The van der Waals surface area contributed by atoms with Crippen LogP contribution < -0.4 is 11.6 Å². The van der Waals surface area contributed by atoms with Gasteiger partial charge in [-0.1, -0.05) is 11.6 Å². The highest BCUT2D eigenvalue weighted by molar-refractivity contribution is 7.86. The van der Waals surface area contributed by atoms with E-state index in [-0.39, 0.29) is 15.6 Å². The molecule has 0 atom stereocenters. The van der Waals surface area contributed by atoms with Gasteiger partial charge in [-0.25, -0.2) is 0 Å². The molecule has 0 aliphatic heterocycles. The first-order valence-corrected chi connectivity index (χ1v) is 5.36. The summed E-state index contributed by atoms with van der Waals surface area (Å²) in [6.45, 7) is 1.71. The molecule has 0 aliphatic rings. The average molecular weight is 237 g/mol. The third-order valence-corrected chi connectivity index (χ3v) is 3.24. The number of nitrogen functional groups attached to an aromatic ring is 1. The third-order valence-electron chi connectivity index (χ3n) is 1.69. The Morgan fingerprint density at radius 3 is 2.50 bits per heavy atom. The molecule has 1 aromatic rings. The van der Waals surface area contributed by atoms with Crippen LogP contribution in [0.4, 0.5) is 5.69 Å². The van der Waals surface area contributed by atoms with Crippen molar-refractivity contribution in [1.29, 1.82) is 0 Å². The highest BCUT2D eigenvalue weighted by Gasteiger charge is 2.18. The summed E-state index contributed by atoms with van der Waals surface area (Å²) in [4.78, 5) is -0.226. The Kier molecular flexibility index (Phi) is 3.01. The van der Waals surface area contributed by atoms with Gasteiger partial charge in [0.05, 0.1) is 5.69 Å². The maximum atomic E-state index is 11.2. The van der Waals surface area contributed by atoms with E-state index in [1.165, 1.54) is 12.1 Å². The molecule has 0 heterocycles. The molecule has 4 N–H and O–H groups in total. The van der Waals surface area contributed by atoms with Crippen LogP contribution >= 0.6 is 11.6 Å². The molecule has 0 saturated heterocycles. The molecular weight excluding hydrogens is 228 g/mol. The quantitative estimate of drug-likeness (QED) is 0.585. The van der Waals surface area contributed by atoms with Crippen molar-refractivity contribution in [3.8, 4) is 0 Å². The second kappa shape index (κ2) is 3.74. The van der Waals surface area contributed by atoms with E-state index in [0.717, 1.165) is 0 Å². The number of anilines is 1. The van der Waals surface area contributed by atoms with Crippen molar-refractivity contribution in [2.45, 2.75) is 11.8 Å². The molecule has 0 radical (unpaired) electrons. The zero-order valence-corrected chi connectivity index (χ0v) is 8.89. The van der Waals surface area contributed by atoms with E-state index in [2.05, 4.69) is 10.2 Å². The van der Waals surface area contributed by atoms with Crippen molar-refractivity contribution in [3.05, 3.63) is 22.7 Å². The topological polar surface area (TPSA) is 95.4 Å². The number of rotatable bonds is 2. The van der Waals surface area contributed by atoms with Gasteiger partial charge in [0.2, 0.25) is 0 Å². The number of halogens is 1. The fraction of sp³-hybridized carbons (Fsp3) is 0.143. The van der Waals surface area contributed by atoms with E-state index in [1.54, 1.807) is 6.92 Å². The van der Waals surface area contributed by atoms with E-state index >= 15 is 0 Å². The summed E-state index contributed by atoms with van der Waals surface area (Å²) < 4.78 is 26.2. The smallest absolute Gasteiger partial charge is 0.314 e. The molecule has 0 spiro atoms. The Morgan fingerprint density at radius 1 is 1.43 bits per heavy atom. The zero-order valence-electron chi connectivity index (χ0n) is 7.32. The highest BCUT2D eigenvalue weighted by Crippen LogP contribution is 2.26. The van der Waals surface area contributed by atoms with Crippen molar-refractivity contribution in [1.82, 2.24) is 0 Å². The SMILES string of the molecule is Cc1cc(N)c(S(=O)(=O)ON)cc1Cl. The van der Waals surface area contributed by atoms with Crippen molar-refractivity contribution in [2.75, 3.05) is 5.73 Å². The van der Waals surface area contributed by atoms with Crippen LogP contribution in [0.5, 0.6) is 0 Å². The summed E-state index contributed by atoms with van der Waals surface area (Å²) in [6, 6.07) is 2.64. The third kappa shape index (κ3) is 1.98. The van der Waals surface area contributed by atoms with Crippen LogP contribution in [0, 0.1) is 6.92 Å². The molecule has 0 fully saturated rings. The summed E-state index contributed by atoms with van der Waals surface area (Å²) in [7, 11) is -4.00. The summed E-state index contributed by atoms with van der Waals surface area (Å²) in [5.74, 6) is 4.61. The molecular formula is C7H9ClN2O3S. The Bertz CT molecular complexity index is 458. The monoisotopic (exact) mass is 236 g/mol. The van der Waals surface area contributed by atoms with Crippen LogP contribution in [0.3, 0.4) is 0 Å². The van der Waals surface area contributed by atoms with Gasteiger partial charge in [-0.3, -0.25) is 0 Å². The first kappa shape index (κ1) is 11.3.